The van der Waals surface area contributed by atoms with Gasteiger partial charge in [-0.1, -0.05) is 30.7 Å². The van der Waals surface area contributed by atoms with Gasteiger partial charge in [0.25, 0.3) is 0 Å². The number of nitrogens with one attached hydrogen (secondary N) is 1. The van der Waals surface area contributed by atoms with Gasteiger partial charge in [0.1, 0.15) is 6.04 Å². The van der Waals surface area contributed by atoms with Gasteiger partial charge >= 0.3 is 5.38 Å². The second-order valence-electron chi connectivity index (χ2n) is 4.40. The van der Waals surface area contributed by atoms with Crippen molar-refractivity contribution in [2.75, 3.05) is 0 Å². The molecule has 0 spiro atoms. The summed E-state index contributed by atoms with van der Waals surface area (Å²) in [5.74, 6) is 5.57. The van der Waals surface area contributed by atoms with Gasteiger partial charge in [-0.2, -0.15) is 8.78 Å². The van der Waals surface area contributed by atoms with Gasteiger partial charge in [-0.25, -0.2) is 5.43 Å². The van der Waals surface area contributed by atoms with Crippen molar-refractivity contribution in [2.45, 2.75) is 36.6 Å². The van der Waals surface area contributed by atoms with Gasteiger partial charge in [-0.05, 0) is 41.5 Å². The standard InChI is InChI=1S/C12H15ClF2N2/c13-12(14,15)11(17-16)10-7-2-1-6-9(10)8-4-3-5-8/h1-2,6-8,11,17H,3-5,16H2. The molecule has 0 bridgehead atoms. The van der Waals surface area contributed by atoms with Gasteiger partial charge in [-0.3, -0.25) is 5.84 Å². The van der Waals surface area contributed by atoms with Crippen LogP contribution in [0.3, 0.4) is 0 Å². The van der Waals surface area contributed by atoms with Crippen LogP contribution in [0.25, 0.3) is 0 Å². The molecular formula is C12H15ClF2N2. The van der Waals surface area contributed by atoms with Crippen LogP contribution in [0.4, 0.5) is 8.78 Å². The molecule has 0 aliphatic heterocycles. The smallest absolute Gasteiger partial charge is 0.271 e. The lowest BCUT2D eigenvalue weighted by Crippen LogP contribution is -2.38. The average Bonchev–Trinajstić information content (AvgIpc) is 2.16. The zero-order valence-electron chi connectivity index (χ0n) is 9.30. The molecule has 1 fully saturated rings. The summed E-state index contributed by atoms with van der Waals surface area (Å²) in [5.41, 5.74) is 3.55. The summed E-state index contributed by atoms with van der Waals surface area (Å²) in [7, 11) is 0. The minimum Gasteiger partial charge on any atom is -0.271 e. The first-order chi connectivity index (χ1) is 8.04. The molecule has 0 amide bonds. The summed E-state index contributed by atoms with van der Waals surface area (Å²) in [6.07, 6.45) is 3.24. The number of alkyl halides is 3. The van der Waals surface area contributed by atoms with Crippen molar-refractivity contribution in [3.63, 3.8) is 0 Å². The van der Waals surface area contributed by atoms with E-state index >= 15 is 0 Å². The van der Waals surface area contributed by atoms with Crippen molar-refractivity contribution in [3.05, 3.63) is 35.4 Å². The molecule has 0 aromatic heterocycles. The van der Waals surface area contributed by atoms with Crippen LogP contribution in [0.5, 0.6) is 0 Å². The molecule has 1 aromatic carbocycles. The van der Waals surface area contributed by atoms with Crippen molar-refractivity contribution in [1.29, 1.82) is 0 Å². The highest BCUT2D eigenvalue weighted by Gasteiger charge is 2.39. The van der Waals surface area contributed by atoms with Crippen LogP contribution in [-0.4, -0.2) is 5.38 Å². The fraction of sp³-hybridized carbons (Fsp3) is 0.500. The van der Waals surface area contributed by atoms with Crippen LogP contribution >= 0.6 is 11.6 Å². The Balaban J connectivity index is 2.35. The molecular weight excluding hydrogens is 246 g/mol. The lowest BCUT2D eigenvalue weighted by molar-refractivity contribution is 0.0491. The summed E-state index contributed by atoms with van der Waals surface area (Å²) < 4.78 is 26.5. The van der Waals surface area contributed by atoms with Gasteiger partial charge < -0.3 is 0 Å². The maximum atomic E-state index is 13.3. The molecule has 2 rings (SSSR count). The molecule has 1 aromatic rings. The zero-order valence-corrected chi connectivity index (χ0v) is 10.1. The minimum atomic E-state index is -3.39. The lowest BCUT2D eigenvalue weighted by Gasteiger charge is -2.31. The molecule has 1 aliphatic rings. The Morgan fingerprint density at radius 3 is 2.47 bits per heavy atom. The molecule has 0 saturated heterocycles. The largest absolute Gasteiger partial charge is 0.342 e. The highest BCUT2D eigenvalue weighted by atomic mass is 35.5. The van der Waals surface area contributed by atoms with Crippen LogP contribution in [0.2, 0.25) is 0 Å². The monoisotopic (exact) mass is 260 g/mol. The number of hydrogen-bond acceptors (Lipinski definition) is 2. The van der Waals surface area contributed by atoms with Gasteiger partial charge in [0, 0.05) is 0 Å². The highest BCUT2D eigenvalue weighted by molar-refractivity contribution is 6.22. The van der Waals surface area contributed by atoms with Gasteiger partial charge in [0.15, 0.2) is 0 Å². The number of rotatable bonds is 4. The first-order valence-electron chi connectivity index (χ1n) is 5.65. The van der Waals surface area contributed by atoms with Crippen molar-refractivity contribution >= 4 is 11.6 Å². The van der Waals surface area contributed by atoms with Crippen molar-refractivity contribution in [1.82, 2.24) is 5.43 Å². The van der Waals surface area contributed by atoms with E-state index in [1.54, 1.807) is 12.1 Å². The molecule has 2 nitrogen and oxygen atoms in total. The first-order valence-corrected chi connectivity index (χ1v) is 6.03. The molecule has 94 valence electrons. The molecule has 5 heteroatoms. The second kappa shape index (κ2) is 4.88. The Morgan fingerprint density at radius 1 is 1.35 bits per heavy atom. The third-order valence-corrected chi connectivity index (χ3v) is 3.56. The molecule has 1 aliphatic carbocycles. The highest BCUT2D eigenvalue weighted by Crippen LogP contribution is 2.43. The normalized spacial score (nSPS) is 18.8. The van der Waals surface area contributed by atoms with E-state index in [4.69, 9.17) is 17.4 Å². The number of benzene rings is 1. The Morgan fingerprint density at radius 2 is 2.00 bits per heavy atom. The third-order valence-electron chi connectivity index (χ3n) is 3.35. The van der Waals surface area contributed by atoms with E-state index in [2.05, 4.69) is 5.43 Å². The van der Waals surface area contributed by atoms with Crippen LogP contribution in [0.1, 0.15) is 42.3 Å². The SMILES string of the molecule is NNC(c1ccccc1C1CCC1)C(F)(F)Cl. The number of halogens is 3. The maximum Gasteiger partial charge on any atom is 0.342 e. The Kier molecular flexibility index (Phi) is 3.66. The Bertz CT molecular complexity index is 388. The van der Waals surface area contributed by atoms with Gasteiger partial charge in [0.05, 0.1) is 0 Å². The fourth-order valence-corrected chi connectivity index (χ4v) is 2.41. The number of hydrazine groups is 1. The average molecular weight is 261 g/mol. The molecule has 0 heterocycles. The quantitative estimate of drug-likeness (QED) is 0.495. The minimum absolute atomic E-state index is 0.362. The first kappa shape index (κ1) is 12.7. The number of nitrogens with two attached hydrogens (primary N) is 1. The molecule has 1 unspecified atom stereocenters. The van der Waals surface area contributed by atoms with Crippen LogP contribution in [-0.2, 0) is 0 Å². The summed E-state index contributed by atoms with van der Waals surface area (Å²) in [6.45, 7) is 0. The molecule has 1 atom stereocenters. The molecule has 1 saturated carbocycles. The summed E-state index contributed by atoms with van der Waals surface area (Å²) in [6, 6.07) is 5.78. The summed E-state index contributed by atoms with van der Waals surface area (Å²) in [4.78, 5) is 0. The predicted octanol–water partition coefficient (Wildman–Crippen LogP) is 3.29. The van der Waals surface area contributed by atoms with Crippen LogP contribution in [0.15, 0.2) is 24.3 Å². The Labute approximate surface area is 104 Å². The molecule has 0 radical (unpaired) electrons. The van der Waals surface area contributed by atoms with Crippen LogP contribution < -0.4 is 11.3 Å². The fourth-order valence-electron chi connectivity index (χ4n) is 2.23. The van der Waals surface area contributed by atoms with Crippen molar-refractivity contribution in [3.8, 4) is 0 Å². The lowest BCUT2D eigenvalue weighted by atomic mass is 9.77. The predicted molar refractivity (Wildman–Crippen MR) is 63.9 cm³/mol. The van der Waals surface area contributed by atoms with Crippen molar-refractivity contribution in [2.24, 2.45) is 5.84 Å². The van der Waals surface area contributed by atoms with Crippen LogP contribution in [0, 0.1) is 0 Å². The molecule has 3 N–H and O–H groups in total. The second-order valence-corrected chi connectivity index (χ2v) is 4.90. The summed E-state index contributed by atoms with van der Waals surface area (Å²) in [5, 5.41) is -3.39. The third kappa shape index (κ3) is 2.59. The van der Waals surface area contributed by atoms with Crippen molar-refractivity contribution < 1.29 is 8.78 Å². The van der Waals surface area contributed by atoms with E-state index < -0.39 is 11.4 Å². The molecule has 17 heavy (non-hydrogen) atoms. The van der Waals surface area contributed by atoms with Gasteiger partial charge in [0.2, 0.25) is 0 Å². The van der Waals surface area contributed by atoms with E-state index in [1.165, 1.54) is 0 Å². The number of hydrogen-bond donors (Lipinski definition) is 2. The van der Waals surface area contributed by atoms with Gasteiger partial charge in [-0.15, -0.1) is 0 Å². The maximum absolute atomic E-state index is 13.3. The Hall–Kier alpha value is -0.710. The zero-order chi connectivity index (χ0) is 12.5. The van der Waals surface area contributed by atoms with E-state index in [0.29, 0.717) is 11.5 Å². The van der Waals surface area contributed by atoms with E-state index in [-0.39, 0.29) is 0 Å². The van der Waals surface area contributed by atoms with E-state index in [9.17, 15) is 8.78 Å². The summed E-state index contributed by atoms with van der Waals surface area (Å²) >= 11 is 5.10. The van der Waals surface area contributed by atoms with E-state index in [1.807, 2.05) is 12.1 Å². The topological polar surface area (TPSA) is 38.0 Å². The van der Waals surface area contributed by atoms with E-state index in [0.717, 1.165) is 24.8 Å².